The molecule has 0 aromatic heterocycles. The first kappa shape index (κ1) is 13.2. The van der Waals surface area contributed by atoms with Crippen molar-refractivity contribution in [2.45, 2.75) is 31.9 Å². The molecule has 1 aliphatic heterocycles. The van der Waals surface area contributed by atoms with E-state index < -0.39 is 0 Å². The summed E-state index contributed by atoms with van der Waals surface area (Å²) >= 11 is 12.1. The Kier molecular flexibility index (Phi) is 4.31. The Morgan fingerprint density at radius 2 is 2.24 bits per heavy atom. The molecular formula is C13H17Cl2NO. The van der Waals surface area contributed by atoms with Crippen LogP contribution in [0.5, 0.6) is 0 Å². The van der Waals surface area contributed by atoms with E-state index in [2.05, 4.69) is 6.92 Å². The minimum absolute atomic E-state index is 0.0727. The molecule has 1 aliphatic rings. The van der Waals surface area contributed by atoms with E-state index in [0.29, 0.717) is 10.9 Å². The van der Waals surface area contributed by atoms with Gasteiger partial charge >= 0.3 is 0 Å². The van der Waals surface area contributed by atoms with Crippen molar-refractivity contribution in [1.29, 1.82) is 0 Å². The van der Waals surface area contributed by atoms with E-state index in [9.17, 15) is 0 Å². The molecular weight excluding hydrogens is 257 g/mol. The third kappa shape index (κ3) is 3.14. The lowest BCUT2D eigenvalue weighted by Crippen LogP contribution is -2.36. The molecule has 3 atom stereocenters. The number of ether oxygens (including phenoxy) is 1. The highest BCUT2D eigenvalue weighted by atomic mass is 35.5. The van der Waals surface area contributed by atoms with Gasteiger partial charge in [0.1, 0.15) is 0 Å². The molecule has 1 aromatic carbocycles. The molecule has 0 bridgehead atoms. The predicted octanol–water partition coefficient (Wildman–Crippen LogP) is 3.29. The fraction of sp³-hybridized carbons (Fsp3) is 0.538. The molecule has 94 valence electrons. The lowest BCUT2D eigenvalue weighted by molar-refractivity contribution is 0.0995. The van der Waals surface area contributed by atoms with Crippen LogP contribution in [-0.2, 0) is 11.2 Å². The van der Waals surface area contributed by atoms with Crippen molar-refractivity contribution in [3.8, 4) is 0 Å². The molecule has 0 spiro atoms. The van der Waals surface area contributed by atoms with Gasteiger partial charge in [-0.3, -0.25) is 0 Å². The normalized spacial score (nSPS) is 26.1. The number of rotatable bonds is 3. The molecule has 1 fully saturated rings. The largest absolute Gasteiger partial charge is 0.378 e. The van der Waals surface area contributed by atoms with Gasteiger partial charge in [0.25, 0.3) is 0 Å². The topological polar surface area (TPSA) is 35.2 Å². The maximum atomic E-state index is 6.24. The first-order valence-electron chi connectivity index (χ1n) is 5.89. The van der Waals surface area contributed by atoms with Crippen molar-refractivity contribution >= 4 is 23.2 Å². The van der Waals surface area contributed by atoms with Crippen LogP contribution in [0.4, 0.5) is 0 Å². The fourth-order valence-electron chi connectivity index (χ4n) is 2.42. The average molecular weight is 274 g/mol. The highest BCUT2D eigenvalue weighted by Crippen LogP contribution is 2.27. The molecule has 1 saturated heterocycles. The first-order valence-corrected chi connectivity index (χ1v) is 6.64. The monoisotopic (exact) mass is 273 g/mol. The van der Waals surface area contributed by atoms with Crippen molar-refractivity contribution in [3.05, 3.63) is 33.8 Å². The highest BCUT2D eigenvalue weighted by Gasteiger charge is 2.29. The first-order chi connectivity index (χ1) is 8.08. The summed E-state index contributed by atoms with van der Waals surface area (Å²) in [5.41, 5.74) is 7.26. The van der Waals surface area contributed by atoms with E-state index in [0.717, 1.165) is 30.0 Å². The number of nitrogens with two attached hydrogens (primary N) is 1. The number of hydrogen-bond donors (Lipinski definition) is 1. The number of halogens is 2. The molecule has 4 heteroatoms. The maximum absolute atomic E-state index is 6.24. The molecule has 2 nitrogen and oxygen atoms in total. The van der Waals surface area contributed by atoms with Gasteiger partial charge in [0.05, 0.1) is 6.10 Å². The lowest BCUT2D eigenvalue weighted by Gasteiger charge is -2.22. The molecule has 1 heterocycles. The maximum Gasteiger partial charge on any atom is 0.0590 e. The van der Waals surface area contributed by atoms with Gasteiger partial charge in [0, 0.05) is 28.6 Å². The second kappa shape index (κ2) is 5.57. The summed E-state index contributed by atoms with van der Waals surface area (Å²) < 4.78 is 5.54. The van der Waals surface area contributed by atoms with Crippen molar-refractivity contribution in [2.24, 2.45) is 11.7 Å². The van der Waals surface area contributed by atoms with E-state index >= 15 is 0 Å². The Morgan fingerprint density at radius 1 is 1.47 bits per heavy atom. The van der Waals surface area contributed by atoms with Crippen LogP contribution < -0.4 is 5.73 Å². The summed E-state index contributed by atoms with van der Waals surface area (Å²) in [6.45, 7) is 2.89. The van der Waals surface area contributed by atoms with E-state index in [1.165, 1.54) is 0 Å². The van der Waals surface area contributed by atoms with E-state index in [4.69, 9.17) is 33.7 Å². The van der Waals surface area contributed by atoms with Gasteiger partial charge in [-0.2, -0.15) is 0 Å². The Labute approximate surface area is 112 Å². The van der Waals surface area contributed by atoms with Gasteiger partial charge in [-0.15, -0.1) is 0 Å². The molecule has 17 heavy (non-hydrogen) atoms. The van der Waals surface area contributed by atoms with Gasteiger partial charge in [0.15, 0.2) is 0 Å². The minimum Gasteiger partial charge on any atom is -0.378 e. The zero-order valence-electron chi connectivity index (χ0n) is 9.83. The second-order valence-corrected chi connectivity index (χ2v) is 5.48. The standard InChI is InChI=1S/C13H17Cl2NO/c1-8-11(4-5-17-8)13(16)7-9-6-10(14)2-3-12(9)15/h2-3,6,8,11,13H,4-5,7,16H2,1H3. The molecule has 0 aliphatic carbocycles. The van der Waals surface area contributed by atoms with Crippen LogP contribution in [0.15, 0.2) is 18.2 Å². The van der Waals surface area contributed by atoms with Crippen LogP contribution in [0.25, 0.3) is 0 Å². The Hall–Kier alpha value is -0.280. The van der Waals surface area contributed by atoms with Crippen LogP contribution in [0.1, 0.15) is 18.9 Å². The predicted molar refractivity (Wildman–Crippen MR) is 71.7 cm³/mol. The van der Waals surface area contributed by atoms with Gasteiger partial charge in [-0.05, 0) is 43.5 Å². The van der Waals surface area contributed by atoms with Crippen LogP contribution >= 0.6 is 23.2 Å². The minimum atomic E-state index is 0.0727. The second-order valence-electron chi connectivity index (χ2n) is 4.63. The molecule has 0 amide bonds. The van der Waals surface area contributed by atoms with Gasteiger partial charge in [-0.1, -0.05) is 23.2 Å². The van der Waals surface area contributed by atoms with Gasteiger partial charge < -0.3 is 10.5 Å². The Bertz CT molecular complexity index is 397. The van der Waals surface area contributed by atoms with Gasteiger partial charge in [-0.25, -0.2) is 0 Å². The van der Waals surface area contributed by atoms with Crippen LogP contribution in [0, 0.1) is 5.92 Å². The van der Waals surface area contributed by atoms with E-state index in [-0.39, 0.29) is 12.1 Å². The Balaban J connectivity index is 2.07. The third-order valence-corrected chi connectivity index (χ3v) is 4.05. The quantitative estimate of drug-likeness (QED) is 0.918. The third-order valence-electron chi connectivity index (χ3n) is 3.45. The van der Waals surface area contributed by atoms with E-state index in [1.807, 2.05) is 12.1 Å². The van der Waals surface area contributed by atoms with Crippen LogP contribution in [0.2, 0.25) is 10.0 Å². The summed E-state index contributed by atoms with van der Waals surface area (Å²) in [7, 11) is 0. The summed E-state index contributed by atoms with van der Waals surface area (Å²) in [4.78, 5) is 0. The zero-order valence-corrected chi connectivity index (χ0v) is 11.3. The van der Waals surface area contributed by atoms with Crippen molar-refractivity contribution in [3.63, 3.8) is 0 Å². The highest BCUT2D eigenvalue weighted by molar-refractivity contribution is 6.33. The van der Waals surface area contributed by atoms with Gasteiger partial charge in [0.2, 0.25) is 0 Å². The Morgan fingerprint density at radius 3 is 2.88 bits per heavy atom. The summed E-state index contributed by atoms with van der Waals surface area (Å²) in [5.74, 6) is 0.407. The lowest BCUT2D eigenvalue weighted by atomic mass is 9.89. The fourth-order valence-corrected chi connectivity index (χ4v) is 2.80. The average Bonchev–Trinajstić information content (AvgIpc) is 2.70. The van der Waals surface area contributed by atoms with Crippen molar-refractivity contribution in [2.75, 3.05) is 6.61 Å². The summed E-state index contributed by atoms with van der Waals surface area (Å²) in [6.07, 6.45) is 2.01. The molecule has 1 aromatic rings. The summed E-state index contributed by atoms with van der Waals surface area (Å²) in [6, 6.07) is 5.58. The molecule has 0 radical (unpaired) electrons. The molecule has 2 rings (SSSR count). The number of hydrogen-bond acceptors (Lipinski definition) is 2. The smallest absolute Gasteiger partial charge is 0.0590 e. The van der Waals surface area contributed by atoms with Crippen LogP contribution in [0.3, 0.4) is 0 Å². The van der Waals surface area contributed by atoms with E-state index in [1.54, 1.807) is 6.07 Å². The zero-order chi connectivity index (χ0) is 12.4. The number of benzene rings is 1. The SMILES string of the molecule is CC1OCCC1C(N)Cc1cc(Cl)ccc1Cl. The molecule has 2 N–H and O–H groups in total. The summed E-state index contributed by atoms with van der Waals surface area (Å²) in [5, 5.41) is 1.43. The van der Waals surface area contributed by atoms with Crippen molar-refractivity contribution < 1.29 is 4.74 Å². The van der Waals surface area contributed by atoms with Crippen LogP contribution in [-0.4, -0.2) is 18.8 Å². The molecule has 3 unspecified atom stereocenters. The van der Waals surface area contributed by atoms with Crippen molar-refractivity contribution in [1.82, 2.24) is 0 Å². The molecule has 0 saturated carbocycles.